The first-order valence-corrected chi connectivity index (χ1v) is 8.47. The highest BCUT2D eigenvalue weighted by Gasteiger charge is 2.13. The second-order valence-electron chi connectivity index (χ2n) is 6.00. The van der Waals surface area contributed by atoms with Crippen molar-refractivity contribution in [1.82, 2.24) is 4.57 Å². The van der Waals surface area contributed by atoms with Crippen LogP contribution in [0.15, 0.2) is 53.3 Å². The fourth-order valence-corrected chi connectivity index (χ4v) is 2.95. The highest BCUT2D eigenvalue weighted by molar-refractivity contribution is 6.32. The molecule has 3 aromatic rings. The van der Waals surface area contributed by atoms with Gasteiger partial charge in [-0.1, -0.05) is 11.6 Å². The second-order valence-corrected chi connectivity index (χ2v) is 6.41. The number of halogens is 3. The van der Waals surface area contributed by atoms with Crippen molar-refractivity contribution >= 4 is 17.6 Å². The fraction of sp³-hybridized carbons (Fsp3) is 0.100. The van der Waals surface area contributed by atoms with Gasteiger partial charge >= 0.3 is 5.97 Å². The predicted octanol–water partition coefficient (Wildman–Crippen LogP) is 4.35. The Bertz CT molecular complexity index is 1130. The van der Waals surface area contributed by atoms with E-state index in [1.165, 1.54) is 34.9 Å². The monoisotopic (exact) mass is 405 g/mol. The molecule has 5 nitrogen and oxygen atoms in total. The molecule has 2 aromatic carbocycles. The van der Waals surface area contributed by atoms with Crippen LogP contribution in [0.1, 0.15) is 21.6 Å². The number of hydrogen-bond donors (Lipinski definition) is 1. The molecule has 0 aliphatic heterocycles. The van der Waals surface area contributed by atoms with Gasteiger partial charge in [-0.15, -0.1) is 0 Å². The Labute approximate surface area is 163 Å². The average Bonchev–Trinajstić information content (AvgIpc) is 2.61. The Kier molecular flexibility index (Phi) is 5.46. The largest absolute Gasteiger partial charge is 0.489 e. The number of aromatic carboxylic acids is 1. The normalized spacial score (nSPS) is 10.7. The minimum absolute atomic E-state index is 0.000676. The van der Waals surface area contributed by atoms with Gasteiger partial charge in [0.15, 0.2) is 0 Å². The molecule has 0 aliphatic carbocycles. The van der Waals surface area contributed by atoms with E-state index in [4.69, 9.17) is 21.4 Å². The van der Waals surface area contributed by atoms with Gasteiger partial charge < -0.3 is 9.84 Å². The summed E-state index contributed by atoms with van der Waals surface area (Å²) in [5, 5.41) is 9.12. The molecule has 0 aliphatic rings. The maximum absolute atomic E-state index is 13.7. The molecule has 0 amide bonds. The summed E-state index contributed by atoms with van der Waals surface area (Å²) in [7, 11) is 0. The third-order valence-electron chi connectivity index (χ3n) is 4.03. The van der Waals surface area contributed by atoms with E-state index >= 15 is 0 Å². The van der Waals surface area contributed by atoms with Crippen LogP contribution in [0.25, 0.3) is 5.69 Å². The summed E-state index contributed by atoms with van der Waals surface area (Å²) >= 11 is 6.14. The zero-order valence-electron chi connectivity index (χ0n) is 14.6. The molecule has 0 atom stereocenters. The molecule has 1 aromatic heterocycles. The summed E-state index contributed by atoms with van der Waals surface area (Å²) in [5.41, 5.74) is 0.494. The number of aromatic nitrogens is 1. The number of carboxylic acid groups (broad SMARTS) is 1. The van der Waals surface area contributed by atoms with Crippen molar-refractivity contribution in [2.75, 3.05) is 0 Å². The number of carboxylic acids is 1. The quantitative estimate of drug-likeness (QED) is 0.685. The summed E-state index contributed by atoms with van der Waals surface area (Å²) in [4.78, 5) is 23.6. The predicted molar refractivity (Wildman–Crippen MR) is 99.4 cm³/mol. The minimum Gasteiger partial charge on any atom is -0.489 e. The molecule has 0 bridgehead atoms. The third kappa shape index (κ3) is 4.04. The van der Waals surface area contributed by atoms with Gasteiger partial charge in [-0.3, -0.25) is 9.36 Å². The first-order valence-electron chi connectivity index (χ1n) is 8.10. The zero-order chi connectivity index (χ0) is 20.4. The van der Waals surface area contributed by atoms with E-state index in [1.54, 1.807) is 13.0 Å². The summed E-state index contributed by atoms with van der Waals surface area (Å²) in [6.45, 7) is 1.47. The van der Waals surface area contributed by atoms with Gasteiger partial charge in [-0.2, -0.15) is 0 Å². The molecule has 28 heavy (non-hydrogen) atoms. The fourth-order valence-electron chi connectivity index (χ4n) is 2.69. The van der Waals surface area contributed by atoms with Crippen LogP contribution in [-0.4, -0.2) is 15.6 Å². The van der Waals surface area contributed by atoms with Crippen molar-refractivity contribution < 1.29 is 23.4 Å². The van der Waals surface area contributed by atoms with E-state index in [0.717, 1.165) is 12.1 Å². The van der Waals surface area contributed by atoms with Gasteiger partial charge in [-0.25, -0.2) is 13.6 Å². The lowest BCUT2D eigenvalue weighted by Crippen LogP contribution is -2.20. The van der Waals surface area contributed by atoms with Crippen LogP contribution in [0.4, 0.5) is 8.78 Å². The number of ether oxygens (including phenoxy) is 1. The first kappa shape index (κ1) is 19.6. The molecular formula is C20H14ClF2NO4. The molecular weight excluding hydrogens is 392 g/mol. The van der Waals surface area contributed by atoms with Crippen LogP contribution in [-0.2, 0) is 6.61 Å². The van der Waals surface area contributed by atoms with Crippen molar-refractivity contribution in [1.29, 1.82) is 0 Å². The van der Waals surface area contributed by atoms with Crippen molar-refractivity contribution in [3.8, 4) is 11.4 Å². The van der Waals surface area contributed by atoms with Gasteiger partial charge in [0.05, 0.1) is 16.3 Å². The number of pyridine rings is 1. The highest BCUT2D eigenvalue weighted by atomic mass is 35.5. The summed E-state index contributed by atoms with van der Waals surface area (Å²) in [6.07, 6.45) is 0. The summed E-state index contributed by atoms with van der Waals surface area (Å²) in [6, 6.07) is 9.94. The molecule has 3 rings (SSSR count). The van der Waals surface area contributed by atoms with Gasteiger partial charge in [0.25, 0.3) is 5.56 Å². The molecule has 8 heteroatoms. The van der Waals surface area contributed by atoms with E-state index in [9.17, 15) is 18.4 Å². The van der Waals surface area contributed by atoms with Crippen LogP contribution >= 0.6 is 11.6 Å². The number of rotatable bonds is 5. The van der Waals surface area contributed by atoms with E-state index in [1.807, 2.05) is 0 Å². The summed E-state index contributed by atoms with van der Waals surface area (Å²) in [5.74, 6) is -2.35. The van der Waals surface area contributed by atoms with Crippen LogP contribution in [0.3, 0.4) is 0 Å². The molecule has 0 saturated heterocycles. The van der Waals surface area contributed by atoms with Crippen molar-refractivity contribution in [2.45, 2.75) is 13.5 Å². The van der Waals surface area contributed by atoms with Crippen LogP contribution in [0.5, 0.6) is 5.75 Å². The van der Waals surface area contributed by atoms with Gasteiger partial charge in [0.2, 0.25) is 0 Å². The lowest BCUT2D eigenvalue weighted by molar-refractivity contribution is 0.0697. The molecule has 1 heterocycles. The Morgan fingerprint density at radius 2 is 1.89 bits per heavy atom. The molecule has 0 spiro atoms. The molecule has 0 fully saturated rings. The Morgan fingerprint density at radius 1 is 1.14 bits per heavy atom. The molecule has 0 saturated carbocycles. The average molecular weight is 406 g/mol. The Morgan fingerprint density at radius 3 is 2.50 bits per heavy atom. The van der Waals surface area contributed by atoms with Crippen LogP contribution in [0.2, 0.25) is 5.02 Å². The zero-order valence-corrected chi connectivity index (χ0v) is 15.3. The van der Waals surface area contributed by atoms with Crippen molar-refractivity contribution in [2.24, 2.45) is 0 Å². The number of hydrogen-bond acceptors (Lipinski definition) is 3. The van der Waals surface area contributed by atoms with Crippen LogP contribution in [0, 0.1) is 18.6 Å². The number of nitrogens with zero attached hydrogens (tertiary/aromatic N) is 1. The van der Waals surface area contributed by atoms with Gasteiger partial charge in [-0.05, 0) is 37.3 Å². The number of carbonyl (C=O) groups is 1. The van der Waals surface area contributed by atoms with E-state index < -0.39 is 23.2 Å². The van der Waals surface area contributed by atoms with Gasteiger partial charge in [0.1, 0.15) is 24.0 Å². The Balaban J connectivity index is 1.89. The number of benzene rings is 2. The smallest absolute Gasteiger partial charge is 0.335 e. The molecule has 1 N–H and O–H groups in total. The van der Waals surface area contributed by atoms with E-state index in [0.29, 0.717) is 11.4 Å². The van der Waals surface area contributed by atoms with E-state index in [-0.39, 0.29) is 28.5 Å². The van der Waals surface area contributed by atoms with Gasteiger partial charge in [0, 0.05) is 29.5 Å². The maximum atomic E-state index is 13.7. The molecule has 144 valence electrons. The number of aryl methyl sites for hydroxylation is 1. The summed E-state index contributed by atoms with van der Waals surface area (Å²) < 4.78 is 33.4. The SMILES string of the molecule is Cc1cc(OCc2ccc(F)cc2F)cc(=O)n1-c1ccc(C(=O)O)cc1Cl. The van der Waals surface area contributed by atoms with Crippen molar-refractivity contribution in [3.63, 3.8) is 0 Å². The second kappa shape index (κ2) is 7.82. The first-order chi connectivity index (χ1) is 13.3. The topological polar surface area (TPSA) is 68.5 Å². The van der Waals surface area contributed by atoms with Crippen molar-refractivity contribution in [3.05, 3.63) is 92.4 Å². The van der Waals surface area contributed by atoms with E-state index in [2.05, 4.69) is 0 Å². The lowest BCUT2D eigenvalue weighted by Gasteiger charge is -2.14. The molecule has 0 unspecified atom stereocenters. The highest BCUT2D eigenvalue weighted by Crippen LogP contribution is 2.24. The maximum Gasteiger partial charge on any atom is 0.335 e. The standard InChI is InChI=1S/C20H14ClF2NO4/c1-11-6-15(28-10-13-2-4-14(22)8-17(13)23)9-19(25)24(11)18-5-3-12(20(26)27)7-16(18)21/h2-9H,10H2,1H3,(H,26,27). The van der Waals surface area contributed by atoms with Crippen LogP contribution < -0.4 is 10.3 Å². The molecule has 0 radical (unpaired) electrons. The lowest BCUT2D eigenvalue weighted by atomic mass is 10.2. The minimum atomic E-state index is -1.13. The third-order valence-corrected chi connectivity index (χ3v) is 4.34. The Hall–Kier alpha value is -3.19.